The molecule has 4 aromatic rings. The number of nitrogens with zero attached hydrogens (tertiary/aromatic N) is 3. The number of ketones is 1. The predicted molar refractivity (Wildman–Crippen MR) is 135 cm³/mol. The van der Waals surface area contributed by atoms with Crippen LogP contribution in [0, 0.1) is 5.92 Å². The SMILES string of the molecule is CC(C)C(=O)Nc1ccc(C(=O)C(C)Sc2nnc(-c3c[nH]c4ccccc34)n2C2CC2)cc1. The molecule has 1 amide bonds. The van der Waals surface area contributed by atoms with E-state index < -0.39 is 0 Å². The number of hydrogen-bond acceptors (Lipinski definition) is 5. The molecule has 2 N–H and O–H groups in total. The second-order valence-electron chi connectivity index (χ2n) is 9.00. The Morgan fingerprint density at radius 3 is 2.50 bits per heavy atom. The van der Waals surface area contributed by atoms with Crippen molar-refractivity contribution in [1.29, 1.82) is 0 Å². The van der Waals surface area contributed by atoms with Gasteiger partial charge in [0.15, 0.2) is 16.8 Å². The molecule has 0 saturated heterocycles. The van der Waals surface area contributed by atoms with Crippen molar-refractivity contribution in [2.24, 2.45) is 5.92 Å². The number of anilines is 1. The van der Waals surface area contributed by atoms with Crippen LogP contribution < -0.4 is 5.32 Å². The van der Waals surface area contributed by atoms with Crippen LogP contribution in [0.2, 0.25) is 0 Å². The Morgan fingerprint density at radius 2 is 1.79 bits per heavy atom. The highest BCUT2D eigenvalue weighted by atomic mass is 32.2. The number of hydrogen-bond donors (Lipinski definition) is 2. The number of aromatic amines is 1. The topological polar surface area (TPSA) is 92.7 Å². The van der Waals surface area contributed by atoms with Crippen LogP contribution in [0.5, 0.6) is 0 Å². The number of carbonyl (C=O) groups excluding carboxylic acids is 2. The number of nitrogens with one attached hydrogen (secondary N) is 2. The standard InChI is InChI=1S/C26H27N5O2S/c1-15(2)25(33)28-18-10-8-17(9-11-18)23(32)16(3)34-26-30-29-24(31(26)19-12-13-19)21-14-27-22-7-5-4-6-20(21)22/h4-11,14-16,19,27H,12-13H2,1-3H3,(H,28,33). The number of para-hydroxylation sites is 1. The molecule has 2 aromatic heterocycles. The van der Waals surface area contributed by atoms with E-state index in [0.29, 0.717) is 17.3 Å². The van der Waals surface area contributed by atoms with Gasteiger partial charge in [0, 0.05) is 45.9 Å². The van der Waals surface area contributed by atoms with Crippen LogP contribution in [-0.2, 0) is 4.79 Å². The first-order chi connectivity index (χ1) is 16.4. The zero-order valence-electron chi connectivity index (χ0n) is 19.4. The molecule has 1 unspecified atom stereocenters. The van der Waals surface area contributed by atoms with E-state index in [4.69, 9.17) is 0 Å². The summed E-state index contributed by atoms with van der Waals surface area (Å²) in [5.41, 5.74) is 3.39. The summed E-state index contributed by atoms with van der Waals surface area (Å²) in [6.07, 6.45) is 4.16. The van der Waals surface area contributed by atoms with Crippen LogP contribution in [0.4, 0.5) is 5.69 Å². The van der Waals surface area contributed by atoms with E-state index in [1.165, 1.54) is 11.8 Å². The monoisotopic (exact) mass is 473 g/mol. The summed E-state index contributed by atoms with van der Waals surface area (Å²) in [5.74, 6) is 0.710. The van der Waals surface area contributed by atoms with Gasteiger partial charge >= 0.3 is 0 Å². The number of aromatic nitrogens is 4. The Kier molecular flexibility index (Phi) is 6.00. The van der Waals surface area contributed by atoms with Crippen molar-refractivity contribution in [3.63, 3.8) is 0 Å². The van der Waals surface area contributed by atoms with E-state index in [-0.39, 0.29) is 22.9 Å². The van der Waals surface area contributed by atoms with Crippen molar-refractivity contribution < 1.29 is 9.59 Å². The van der Waals surface area contributed by atoms with Gasteiger partial charge in [-0.3, -0.25) is 14.2 Å². The molecule has 2 heterocycles. The molecule has 1 saturated carbocycles. The highest BCUT2D eigenvalue weighted by Crippen LogP contribution is 2.43. The highest BCUT2D eigenvalue weighted by molar-refractivity contribution is 8.00. The summed E-state index contributed by atoms with van der Waals surface area (Å²) in [6, 6.07) is 15.6. The molecule has 2 aromatic carbocycles. The molecular weight excluding hydrogens is 446 g/mol. The summed E-state index contributed by atoms with van der Waals surface area (Å²) >= 11 is 1.44. The summed E-state index contributed by atoms with van der Waals surface area (Å²) in [5, 5.41) is 13.4. The van der Waals surface area contributed by atoms with Gasteiger partial charge in [-0.25, -0.2) is 0 Å². The van der Waals surface area contributed by atoms with E-state index in [9.17, 15) is 9.59 Å². The molecule has 1 aliphatic rings. The Balaban J connectivity index is 1.35. The molecule has 0 bridgehead atoms. The Labute approximate surface area is 202 Å². The van der Waals surface area contributed by atoms with E-state index >= 15 is 0 Å². The predicted octanol–water partition coefficient (Wildman–Crippen LogP) is 5.72. The van der Waals surface area contributed by atoms with E-state index in [1.807, 2.05) is 45.2 Å². The smallest absolute Gasteiger partial charge is 0.226 e. The van der Waals surface area contributed by atoms with E-state index in [1.54, 1.807) is 24.3 Å². The minimum atomic E-state index is -0.325. The second kappa shape index (κ2) is 9.10. The first-order valence-electron chi connectivity index (χ1n) is 11.6. The molecule has 0 spiro atoms. The van der Waals surface area contributed by atoms with Gasteiger partial charge < -0.3 is 10.3 Å². The summed E-state index contributed by atoms with van der Waals surface area (Å²) < 4.78 is 2.19. The zero-order valence-corrected chi connectivity index (χ0v) is 20.2. The maximum atomic E-state index is 13.1. The number of Topliss-reactive ketones (excluding diaryl/α,β-unsaturated/α-hetero) is 1. The highest BCUT2D eigenvalue weighted by Gasteiger charge is 2.32. The number of carbonyl (C=O) groups is 2. The lowest BCUT2D eigenvalue weighted by Gasteiger charge is -2.13. The lowest BCUT2D eigenvalue weighted by Crippen LogP contribution is -2.18. The van der Waals surface area contributed by atoms with Crippen molar-refractivity contribution in [3.8, 4) is 11.4 Å². The Morgan fingerprint density at radius 1 is 1.06 bits per heavy atom. The first-order valence-corrected chi connectivity index (χ1v) is 12.4. The largest absolute Gasteiger partial charge is 0.360 e. The minimum absolute atomic E-state index is 0.0192. The Bertz CT molecular complexity index is 1350. The van der Waals surface area contributed by atoms with Crippen molar-refractivity contribution in [2.45, 2.75) is 50.1 Å². The molecule has 1 aliphatic carbocycles. The molecular formula is C26H27N5O2S. The van der Waals surface area contributed by atoms with Gasteiger partial charge in [0.1, 0.15) is 0 Å². The number of thioether (sulfide) groups is 1. The fraction of sp³-hybridized carbons (Fsp3) is 0.308. The third kappa shape index (κ3) is 4.37. The van der Waals surface area contributed by atoms with Gasteiger partial charge in [0.2, 0.25) is 5.91 Å². The van der Waals surface area contributed by atoms with E-state index in [2.05, 4.69) is 31.1 Å². The summed E-state index contributed by atoms with van der Waals surface area (Å²) in [6.45, 7) is 5.59. The van der Waals surface area contributed by atoms with Gasteiger partial charge in [-0.15, -0.1) is 10.2 Å². The van der Waals surface area contributed by atoms with E-state index in [0.717, 1.165) is 40.3 Å². The minimum Gasteiger partial charge on any atom is -0.360 e. The van der Waals surface area contributed by atoms with Crippen LogP contribution in [0.25, 0.3) is 22.3 Å². The first kappa shape index (κ1) is 22.4. The number of rotatable bonds is 8. The molecule has 0 aliphatic heterocycles. The van der Waals surface area contributed by atoms with Gasteiger partial charge in [0.05, 0.1) is 5.25 Å². The van der Waals surface area contributed by atoms with Crippen molar-refractivity contribution in [2.75, 3.05) is 5.32 Å². The zero-order chi connectivity index (χ0) is 23.8. The number of H-pyrrole nitrogens is 1. The molecule has 0 radical (unpaired) electrons. The average molecular weight is 474 g/mol. The number of amides is 1. The second-order valence-corrected chi connectivity index (χ2v) is 10.3. The molecule has 8 heteroatoms. The van der Waals surface area contributed by atoms with Crippen LogP contribution in [0.1, 0.15) is 50.0 Å². The molecule has 5 rings (SSSR count). The van der Waals surface area contributed by atoms with Crippen LogP contribution >= 0.6 is 11.8 Å². The molecule has 174 valence electrons. The van der Waals surface area contributed by atoms with Gasteiger partial charge in [-0.2, -0.15) is 0 Å². The van der Waals surface area contributed by atoms with Gasteiger partial charge in [0.25, 0.3) is 0 Å². The maximum absolute atomic E-state index is 13.1. The Hall–Kier alpha value is -3.39. The normalized spacial score (nSPS) is 14.5. The third-order valence-corrected chi connectivity index (χ3v) is 7.08. The summed E-state index contributed by atoms with van der Waals surface area (Å²) in [4.78, 5) is 28.3. The molecule has 1 atom stereocenters. The van der Waals surface area contributed by atoms with Crippen molar-refractivity contribution in [1.82, 2.24) is 19.7 Å². The lowest BCUT2D eigenvalue weighted by atomic mass is 10.1. The fourth-order valence-corrected chi connectivity index (χ4v) is 4.91. The number of benzene rings is 2. The quantitative estimate of drug-likeness (QED) is 0.252. The van der Waals surface area contributed by atoms with Crippen molar-refractivity contribution >= 4 is 40.0 Å². The summed E-state index contributed by atoms with van der Waals surface area (Å²) in [7, 11) is 0. The van der Waals surface area contributed by atoms with Gasteiger partial charge in [-0.1, -0.05) is 43.8 Å². The van der Waals surface area contributed by atoms with Crippen molar-refractivity contribution in [3.05, 3.63) is 60.3 Å². The maximum Gasteiger partial charge on any atom is 0.226 e. The average Bonchev–Trinajstić information content (AvgIpc) is 3.45. The lowest BCUT2D eigenvalue weighted by molar-refractivity contribution is -0.118. The van der Waals surface area contributed by atoms with Crippen LogP contribution in [0.15, 0.2) is 59.9 Å². The van der Waals surface area contributed by atoms with Crippen LogP contribution in [-0.4, -0.2) is 36.7 Å². The molecule has 1 fully saturated rings. The number of fused-ring (bicyclic) bond motifs is 1. The third-order valence-electron chi connectivity index (χ3n) is 6.02. The fourth-order valence-electron chi connectivity index (χ4n) is 3.91. The molecule has 7 nitrogen and oxygen atoms in total. The van der Waals surface area contributed by atoms with Gasteiger partial charge in [-0.05, 0) is 50.1 Å². The molecule has 34 heavy (non-hydrogen) atoms. The van der Waals surface area contributed by atoms with Crippen LogP contribution in [0.3, 0.4) is 0 Å².